The average molecular weight is 197 g/mol. The molecule has 78 valence electrons. The summed E-state index contributed by atoms with van der Waals surface area (Å²) in [7, 11) is 0. The van der Waals surface area contributed by atoms with Gasteiger partial charge in [-0.25, -0.2) is 0 Å². The van der Waals surface area contributed by atoms with E-state index in [9.17, 15) is 4.79 Å². The zero-order valence-electron chi connectivity index (χ0n) is 8.15. The van der Waals surface area contributed by atoms with Crippen molar-refractivity contribution in [2.45, 2.75) is 6.42 Å². The first-order valence-corrected chi connectivity index (χ1v) is 4.76. The van der Waals surface area contributed by atoms with Gasteiger partial charge in [0.2, 0.25) is 0 Å². The predicted molar refractivity (Wildman–Crippen MR) is 50.7 cm³/mol. The van der Waals surface area contributed by atoms with Crippen LogP contribution in [0.5, 0.6) is 0 Å². The second kappa shape index (κ2) is 5.58. The second-order valence-electron chi connectivity index (χ2n) is 3.42. The van der Waals surface area contributed by atoms with E-state index < -0.39 is 5.97 Å². The maximum atomic E-state index is 10.4. The monoisotopic (exact) mass is 197 g/mol. The van der Waals surface area contributed by atoms with Crippen LogP contribution in [0.15, 0.2) is 0 Å². The molecule has 0 bridgehead atoms. The van der Waals surface area contributed by atoms with Crippen molar-refractivity contribution in [2.24, 2.45) is 0 Å². The summed E-state index contributed by atoms with van der Waals surface area (Å²) in [4.78, 5) is 14.5. The largest absolute Gasteiger partial charge is 0.480 e. The minimum atomic E-state index is -0.768. The first-order chi connectivity index (χ1) is 6.72. The van der Waals surface area contributed by atoms with Crippen LogP contribution in [0.1, 0.15) is 6.42 Å². The molecule has 0 radical (unpaired) electrons. The molecule has 0 saturated carbocycles. The van der Waals surface area contributed by atoms with E-state index in [2.05, 4.69) is 11.0 Å². The highest BCUT2D eigenvalue weighted by Crippen LogP contribution is 2.01. The minimum Gasteiger partial charge on any atom is -0.480 e. The quantitative estimate of drug-likeness (QED) is 0.664. The molecule has 1 aliphatic heterocycles. The minimum absolute atomic E-state index is 0.131. The number of rotatable bonds is 4. The standard InChI is InChI=1S/C9H15N3O2/c10-2-1-3-11-4-6-12(7-5-11)8-9(13)14/h1,3-8H2,(H,13,14). The smallest absolute Gasteiger partial charge is 0.317 e. The molecule has 1 rings (SSSR count). The number of carboxylic acid groups (broad SMARTS) is 1. The lowest BCUT2D eigenvalue weighted by Crippen LogP contribution is -2.47. The van der Waals surface area contributed by atoms with Crippen LogP contribution in [0.2, 0.25) is 0 Å². The highest BCUT2D eigenvalue weighted by Gasteiger charge is 2.17. The molecule has 1 heterocycles. The number of aliphatic carboxylic acids is 1. The molecule has 0 aromatic carbocycles. The Bertz CT molecular complexity index is 229. The van der Waals surface area contributed by atoms with Crippen LogP contribution >= 0.6 is 0 Å². The summed E-state index contributed by atoms with van der Waals surface area (Å²) >= 11 is 0. The van der Waals surface area contributed by atoms with Gasteiger partial charge in [-0.2, -0.15) is 5.26 Å². The molecular weight excluding hydrogens is 182 g/mol. The molecule has 0 unspecified atom stereocenters. The molecule has 0 spiro atoms. The summed E-state index contributed by atoms with van der Waals surface area (Å²) in [5.74, 6) is -0.768. The summed E-state index contributed by atoms with van der Waals surface area (Å²) in [6, 6.07) is 2.11. The Balaban J connectivity index is 2.18. The van der Waals surface area contributed by atoms with Gasteiger partial charge in [-0.05, 0) is 0 Å². The molecule has 0 amide bonds. The van der Waals surface area contributed by atoms with Gasteiger partial charge in [0.25, 0.3) is 0 Å². The highest BCUT2D eigenvalue weighted by atomic mass is 16.4. The Labute approximate surface area is 83.5 Å². The molecule has 0 atom stereocenters. The number of carboxylic acids is 1. The zero-order chi connectivity index (χ0) is 10.4. The molecule has 1 N–H and O–H groups in total. The van der Waals surface area contributed by atoms with Gasteiger partial charge in [0.15, 0.2) is 0 Å². The normalized spacial score (nSPS) is 19.1. The van der Waals surface area contributed by atoms with Gasteiger partial charge >= 0.3 is 5.97 Å². The Hall–Kier alpha value is -1.12. The van der Waals surface area contributed by atoms with Crippen molar-refractivity contribution in [3.63, 3.8) is 0 Å². The van der Waals surface area contributed by atoms with E-state index in [1.54, 1.807) is 0 Å². The summed E-state index contributed by atoms with van der Waals surface area (Å²) < 4.78 is 0. The Morgan fingerprint density at radius 1 is 1.29 bits per heavy atom. The first-order valence-electron chi connectivity index (χ1n) is 4.76. The van der Waals surface area contributed by atoms with Gasteiger partial charge in [0.1, 0.15) is 0 Å². The maximum absolute atomic E-state index is 10.4. The topological polar surface area (TPSA) is 67.6 Å². The number of hydrogen-bond donors (Lipinski definition) is 1. The molecule has 5 heteroatoms. The van der Waals surface area contributed by atoms with Crippen molar-refractivity contribution < 1.29 is 9.90 Å². The van der Waals surface area contributed by atoms with Crippen molar-refractivity contribution in [3.05, 3.63) is 0 Å². The third-order valence-electron chi connectivity index (χ3n) is 2.36. The third kappa shape index (κ3) is 3.73. The molecule has 5 nitrogen and oxygen atoms in total. The van der Waals surface area contributed by atoms with Crippen molar-refractivity contribution in [3.8, 4) is 6.07 Å². The van der Waals surface area contributed by atoms with Crippen LogP contribution < -0.4 is 0 Å². The summed E-state index contributed by atoms with van der Waals surface area (Å²) in [6.07, 6.45) is 0.554. The maximum Gasteiger partial charge on any atom is 0.317 e. The fourth-order valence-corrected chi connectivity index (χ4v) is 1.57. The van der Waals surface area contributed by atoms with E-state index in [1.807, 2.05) is 4.90 Å². The van der Waals surface area contributed by atoms with Crippen molar-refractivity contribution in [1.29, 1.82) is 5.26 Å². The van der Waals surface area contributed by atoms with Crippen molar-refractivity contribution in [2.75, 3.05) is 39.3 Å². The number of nitrogens with zero attached hydrogens (tertiary/aromatic N) is 3. The van der Waals surface area contributed by atoms with E-state index in [-0.39, 0.29) is 6.54 Å². The summed E-state index contributed by atoms with van der Waals surface area (Å²) in [5, 5.41) is 17.0. The van der Waals surface area contributed by atoms with Gasteiger partial charge in [0.05, 0.1) is 12.6 Å². The Kier molecular flexibility index (Phi) is 4.36. The highest BCUT2D eigenvalue weighted by molar-refractivity contribution is 5.69. The van der Waals surface area contributed by atoms with Crippen molar-refractivity contribution >= 4 is 5.97 Å². The van der Waals surface area contributed by atoms with E-state index >= 15 is 0 Å². The van der Waals surface area contributed by atoms with Gasteiger partial charge in [-0.3, -0.25) is 14.6 Å². The van der Waals surface area contributed by atoms with Gasteiger partial charge in [0, 0.05) is 39.1 Å². The van der Waals surface area contributed by atoms with Gasteiger partial charge < -0.3 is 5.11 Å². The zero-order valence-corrected chi connectivity index (χ0v) is 8.15. The Morgan fingerprint density at radius 3 is 2.36 bits per heavy atom. The van der Waals surface area contributed by atoms with E-state index in [1.165, 1.54) is 0 Å². The van der Waals surface area contributed by atoms with Crippen LogP contribution in [0.25, 0.3) is 0 Å². The van der Waals surface area contributed by atoms with Crippen LogP contribution in [0.4, 0.5) is 0 Å². The van der Waals surface area contributed by atoms with E-state index in [0.717, 1.165) is 32.7 Å². The van der Waals surface area contributed by atoms with Crippen LogP contribution in [-0.4, -0.2) is 60.1 Å². The molecule has 0 aliphatic carbocycles. The lowest BCUT2D eigenvalue weighted by Gasteiger charge is -2.33. The molecule has 1 saturated heterocycles. The first kappa shape index (κ1) is 11.0. The van der Waals surface area contributed by atoms with Gasteiger partial charge in [-0.1, -0.05) is 0 Å². The molecule has 14 heavy (non-hydrogen) atoms. The van der Waals surface area contributed by atoms with Crippen LogP contribution in [-0.2, 0) is 4.79 Å². The number of hydrogen-bond acceptors (Lipinski definition) is 4. The predicted octanol–water partition coefficient (Wildman–Crippen LogP) is -0.398. The molecule has 0 aromatic heterocycles. The molecule has 0 aromatic rings. The SMILES string of the molecule is N#CCCN1CCN(CC(=O)O)CC1. The third-order valence-corrected chi connectivity index (χ3v) is 2.36. The number of piperazine rings is 1. The summed E-state index contributed by atoms with van der Waals surface area (Å²) in [6.45, 7) is 4.25. The van der Waals surface area contributed by atoms with Crippen LogP contribution in [0, 0.1) is 11.3 Å². The lowest BCUT2D eigenvalue weighted by molar-refractivity contribution is -0.138. The molecule has 1 fully saturated rings. The fraction of sp³-hybridized carbons (Fsp3) is 0.778. The fourth-order valence-electron chi connectivity index (χ4n) is 1.57. The summed E-state index contributed by atoms with van der Waals surface area (Å²) in [5.41, 5.74) is 0. The van der Waals surface area contributed by atoms with Crippen molar-refractivity contribution in [1.82, 2.24) is 9.80 Å². The lowest BCUT2D eigenvalue weighted by atomic mass is 10.3. The van der Waals surface area contributed by atoms with E-state index in [0.29, 0.717) is 6.42 Å². The second-order valence-corrected chi connectivity index (χ2v) is 3.42. The molecule has 1 aliphatic rings. The molecular formula is C9H15N3O2. The van der Waals surface area contributed by atoms with E-state index in [4.69, 9.17) is 10.4 Å². The number of nitriles is 1. The Morgan fingerprint density at radius 2 is 1.86 bits per heavy atom. The number of carbonyl (C=O) groups is 1. The average Bonchev–Trinajstić information content (AvgIpc) is 2.16. The van der Waals surface area contributed by atoms with Crippen LogP contribution in [0.3, 0.4) is 0 Å². The van der Waals surface area contributed by atoms with Gasteiger partial charge in [-0.15, -0.1) is 0 Å².